The summed E-state index contributed by atoms with van der Waals surface area (Å²) >= 11 is 6.01. The lowest BCUT2D eigenvalue weighted by molar-refractivity contribution is -0.137. The fraction of sp³-hybridized carbons (Fsp3) is 0.455. The molecule has 2 aliphatic heterocycles. The summed E-state index contributed by atoms with van der Waals surface area (Å²) < 4.78 is 27.5. The number of nitrogens with zero attached hydrogens (tertiary/aromatic N) is 3. The number of rotatable bonds is 5. The summed E-state index contributed by atoms with van der Waals surface area (Å²) in [6, 6.07) is 10.2. The van der Waals surface area contributed by atoms with Crippen molar-refractivity contribution in [2.45, 2.75) is 24.7 Å². The molecule has 2 fully saturated rings. The Bertz CT molecular complexity index is 1140. The molecule has 4 rings (SSSR count). The third kappa shape index (κ3) is 5.78. The van der Waals surface area contributed by atoms with E-state index in [0.717, 1.165) is 36.7 Å². The van der Waals surface area contributed by atoms with Gasteiger partial charge in [0, 0.05) is 31.2 Å². The molecule has 0 saturated carbocycles. The zero-order chi connectivity index (χ0) is 22.9. The Hall–Kier alpha value is -1.91. The maximum atomic E-state index is 13.1. The second kappa shape index (κ2) is 10.6. The van der Waals surface area contributed by atoms with Crippen molar-refractivity contribution in [2.75, 3.05) is 39.3 Å². The lowest BCUT2D eigenvalue weighted by Gasteiger charge is -2.36. The maximum Gasteiger partial charge on any atom is 0.252 e. The first-order chi connectivity index (χ1) is 15.2. The molecule has 0 bridgehead atoms. The van der Waals surface area contributed by atoms with Crippen molar-refractivity contribution in [1.82, 2.24) is 19.6 Å². The fourth-order valence-electron chi connectivity index (χ4n) is 4.24. The topological polar surface area (TPSA) is 96.8 Å². The van der Waals surface area contributed by atoms with Crippen LogP contribution < -0.4 is 5.43 Å². The second-order valence-electron chi connectivity index (χ2n) is 8.42. The number of likely N-dealkylation sites (tertiary alicyclic amines) is 1. The normalized spacial score (nSPS) is 18.4. The number of hydrogen-bond acceptors (Lipinski definition) is 5. The number of carbonyl (C=O) groups is 1. The van der Waals surface area contributed by atoms with E-state index < -0.39 is 10.0 Å². The molecule has 2 aromatic rings. The first-order valence-corrected chi connectivity index (χ1v) is 12.6. The van der Waals surface area contributed by atoms with Crippen LogP contribution in [0.25, 0.3) is 10.8 Å². The minimum atomic E-state index is -3.77. The van der Waals surface area contributed by atoms with E-state index in [1.165, 1.54) is 4.31 Å². The predicted molar refractivity (Wildman–Crippen MR) is 132 cm³/mol. The Morgan fingerprint density at radius 2 is 1.76 bits per heavy atom. The molecule has 2 saturated heterocycles. The van der Waals surface area contributed by atoms with Crippen LogP contribution in [0.5, 0.6) is 0 Å². The molecular weight excluding hydrogens is 485 g/mol. The third-order valence-corrected chi connectivity index (χ3v) is 8.33. The Labute approximate surface area is 205 Å². The van der Waals surface area contributed by atoms with Gasteiger partial charge in [-0.2, -0.15) is 4.31 Å². The Kier molecular flexibility index (Phi) is 8.23. The van der Waals surface area contributed by atoms with E-state index in [0.29, 0.717) is 29.9 Å². The molecule has 180 valence electrons. The van der Waals surface area contributed by atoms with Crippen molar-refractivity contribution >= 4 is 56.5 Å². The Balaban J connectivity index is 0.00000306. The molecule has 33 heavy (non-hydrogen) atoms. The zero-order valence-corrected chi connectivity index (χ0v) is 20.8. The molecule has 0 atom stereocenters. The van der Waals surface area contributed by atoms with Gasteiger partial charge in [0.05, 0.1) is 23.8 Å². The molecule has 0 radical (unpaired) electrons. The number of piperidine rings is 1. The lowest BCUT2D eigenvalue weighted by atomic mass is 9.97. The number of benzene rings is 2. The molecule has 2 N–H and O–H groups in total. The summed E-state index contributed by atoms with van der Waals surface area (Å²) in [6.45, 7) is 4.57. The third-order valence-electron chi connectivity index (χ3n) is 6.26. The molecular formula is C22H29Cl2N5O3S. The van der Waals surface area contributed by atoms with Crippen molar-refractivity contribution in [3.05, 3.63) is 41.4 Å². The fourth-order valence-corrected chi connectivity index (χ4v) is 5.84. The lowest BCUT2D eigenvalue weighted by Crippen LogP contribution is -2.57. The number of nitrogens with one attached hydrogen (secondary N) is 2. The number of fused-ring (bicyclic) bond motifs is 1. The highest BCUT2D eigenvalue weighted by Crippen LogP contribution is 2.25. The largest absolute Gasteiger partial charge is 0.361 e. The van der Waals surface area contributed by atoms with Crippen molar-refractivity contribution < 1.29 is 13.2 Å². The summed E-state index contributed by atoms with van der Waals surface area (Å²) in [5.41, 5.74) is 3.20. The van der Waals surface area contributed by atoms with E-state index in [9.17, 15) is 13.2 Å². The van der Waals surface area contributed by atoms with Gasteiger partial charge in [0.1, 0.15) is 0 Å². The molecule has 8 nitrogen and oxygen atoms in total. The van der Waals surface area contributed by atoms with Gasteiger partial charge in [-0.05, 0) is 60.7 Å². The maximum absolute atomic E-state index is 13.1. The molecule has 0 aliphatic carbocycles. The van der Waals surface area contributed by atoms with Crippen LogP contribution in [0.1, 0.15) is 19.8 Å². The minimum absolute atomic E-state index is 0. The predicted octanol–water partition coefficient (Wildman–Crippen LogP) is 2.96. The summed E-state index contributed by atoms with van der Waals surface area (Å²) in [5, 5.41) is 11.5. The molecule has 1 amide bonds. The van der Waals surface area contributed by atoms with Gasteiger partial charge in [-0.1, -0.05) is 23.7 Å². The number of hydrazine groups is 1. The molecule has 2 aromatic carbocycles. The first kappa shape index (κ1) is 25.7. The van der Waals surface area contributed by atoms with Gasteiger partial charge in [-0.3, -0.25) is 15.2 Å². The van der Waals surface area contributed by atoms with E-state index in [-0.39, 0.29) is 36.3 Å². The average molecular weight is 514 g/mol. The van der Waals surface area contributed by atoms with E-state index in [1.54, 1.807) is 48.3 Å². The van der Waals surface area contributed by atoms with Gasteiger partial charge < -0.3 is 4.90 Å². The van der Waals surface area contributed by atoms with Crippen LogP contribution in [0.2, 0.25) is 5.02 Å². The molecule has 0 spiro atoms. The minimum Gasteiger partial charge on any atom is -0.361 e. The smallest absolute Gasteiger partial charge is 0.252 e. The Morgan fingerprint density at radius 3 is 2.42 bits per heavy atom. The number of hydrogen-bond donors (Lipinski definition) is 2. The van der Waals surface area contributed by atoms with Crippen molar-refractivity contribution in [3.8, 4) is 0 Å². The van der Waals surface area contributed by atoms with Gasteiger partial charge in [0.2, 0.25) is 10.0 Å². The van der Waals surface area contributed by atoms with Gasteiger partial charge in [0.25, 0.3) is 5.91 Å². The van der Waals surface area contributed by atoms with E-state index in [2.05, 4.69) is 10.3 Å². The highest BCUT2D eigenvalue weighted by molar-refractivity contribution is 7.89. The van der Waals surface area contributed by atoms with Gasteiger partial charge >= 0.3 is 0 Å². The standard InChI is InChI=1S/C22H28ClN5O3S.ClH/c1-16(24)26-8-6-17(7-9-26)14-25-28-11-10-27(15-22(28)29)32(30,31)21-5-3-18-12-20(23)4-2-19(18)13-21;/h2-5,12-13,17,24-25H,6-11,14-15H2,1H3;1H. The van der Waals surface area contributed by atoms with Crippen LogP contribution in [0, 0.1) is 11.3 Å². The number of amidine groups is 1. The summed E-state index contributed by atoms with van der Waals surface area (Å²) in [5.74, 6) is 0.783. The monoisotopic (exact) mass is 513 g/mol. The van der Waals surface area contributed by atoms with Crippen molar-refractivity contribution in [2.24, 2.45) is 5.92 Å². The number of carbonyl (C=O) groups excluding carboxylic acids is 1. The summed E-state index contributed by atoms with van der Waals surface area (Å²) in [7, 11) is -3.77. The van der Waals surface area contributed by atoms with E-state index >= 15 is 0 Å². The zero-order valence-electron chi connectivity index (χ0n) is 18.5. The summed E-state index contributed by atoms with van der Waals surface area (Å²) in [6.07, 6.45) is 1.94. The number of amides is 1. The van der Waals surface area contributed by atoms with Crippen LogP contribution in [0.15, 0.2) is 41.3 Å². The number of halogens is 2. The van der Waals surface area contributed by atoms with Crippen LogP contribution in [-0.4, -0.2) is 73.6 Å². The number of piperazine rings is 1. The van der Waals surface area contributed by atoms with Crippen LogP contribution in [0.3, 0.4) is 0 Å². The quantitative estimate of drug-likeness (QED) is 0.473. The van der Waals surface area contributed by atoms with Crippen molar-refractivity contribution in [3.63, 3.8) is 0 Å². The SMILES string of the molecule is CC(=N)N1CCC(CNN2CCN(S(=O)(=O)c3ccc4cc(Cl)ccc4c3)CC2=O)CC1.Cl. The second-order valence-corrected chi connectivity index (χ2v) is 10.8. The number of sulfonamides is 1. The van der Waals surface area contributed by atoms with E-state index in [1.807, 2.05) is 0 Å². The first-order valence-electron chi connectivity index (χ1n) is 10.8. The van der Waals surface area contributed by atoms with E-state index in [4.69, 9.17) is 17.0 Å². The van der Waals surface area contributed by atoms with Crippen LogP contribution >= 0.6 is 24.0 Å². The van der Waals surface area contributed by atoms with Crippen LogP contribution in [0.4, 0.5) is 0 Å². The molecule has 0 aromatic heterocycles. The molecule has 2 heterocycles. The molecule has 11 heteroatoms. The van der Waals surface area contributed by atoms with Gasteiger partial charge in [-0.25, -0.2) is 13.8 Å². The molecule has 2 aliphatic rings. The van der Waals surface area contributed by atoms with Gasteiger partial charge in [-0.15, -0.1) is 12.4 Å². The van der Waals surface area contributed by atoms with Crippen LogP contribution in [-0.2, 0) is 14.8 Å². The highest BCUT2D eigenvalue weighted by atomic mass is 35.5. The van der Waals surface area contributed by atoms with Gasteiger partial charge in [0.15, 0.2) is 0 Å². The summed E-state index contributed by atoms with van der Waals surface area (Å²) in [4.78, 5) is 14.9. The highest BCUT2D eigenvalue weighted by Gasteiger charge is 2.33. The average Bonchev–Trinajstić information content (AvgIpc) is 2.78. The molecule has 0 unspecified atom stereocenters. The Morgan fingerprint density at radius 1 is 1.09 bits per heavy atom. The van der Waals surface area contributed by atoms with Crippen molar-refractivity contribution in [1.29, 1.82) is 5.41 Å².